The minimum Gasteiger partial charge on any atom is -0.493 e. The predicted octanol–water partition coefficient (Wildman–Crippen LogP) is 5.18. The molecule has 0 radical (unpaired) electrons. The van der Waals surface area contributed by atoms with Gasteiger partial charge in [0.05, 0.1) is 37.3 Å². The first-order valence-electron chi connectivity index (χ1n) is 11.2. The molecule has 0 fully saturated rings. The number of carbonyl (C=O) groups is 2. The lowest BCUT2D eigenvalue weighted by atomic mass is 10.0. The highest BCUT2D eigenvalue weighted by atomic mass is 16.5. The van der Waals surface area contributed by atoms with Crippen molar-refractivity contribution in [3.05, 3.63) is 87.8 Å². The molecule has 8 nitrogen and oxygen atoms in total. The van der Waals surface area contributed by atoms with Crippen molar-refractivity contribution in [2.45, 2.75) is 13.8 Å². The molecule has 8 heteroatoms. The molecule has 0 aliphatic heterocycles. The number of esters is 2. The van der Waals surface area contributed by atoms with Gasteiger partial charge in [-0.2, -0.15) is 0 Å². The summed E-state index contributed by atoms with van der Waals surface area (Å²) < 4.78 is 27.1. The molecule has 4 rings (SSSR count). The molecule has 0 aliphatic rings. The van der Waals surface area contributed by atoms with Crippen LogP contribution in [0.25, 0.3) is 22.1 Å². The van der Waals surface area contributed by atoms with Crippen molar-refractivity contribution < 1.29 is 33.0 Å². The van der Waals surface area contributed by atoms with E-state index in [1.54, 1.807) is 49.4 Å². The molecule has 184 valence electrons. The third-order valence-corrected chi connectivity index (χ3v) is 5.49. The van der Waals surface area contributed by atoms with Crippen molar-refractivity contribution in [2.75, 3.05) is 20.8 Å². The van der Waals surface area contributed by atoms with Gasteiger partial charge in [-0.3, -0.25) is 4.79 Å². The fourth-order valence-electron chi connectivity index (χ4n) is 3.69. The van der Waals surface area contributed by atoms with Crippen molar-refractivity contribution >= 4 is 22.9 Å². The molecule has 0 bridgehead atoms. The molecular weight excluding hydrogens is 464 g/mol. The predicted molar refractivity (Wildman–Crippen MR) is 133 cm³/mol. The van der Waals surface area contributed by atoms with Crippen LogP contribution < -0.4 is 19.6 Å². The van der Waals surface area contributed by atoms with E-state index >= 15 is 0 Å². The molecule has 0 spiro atoms. The lowest BCUT2D eigenvalue weighted by Gasteiger charge is -2.13. The summed E-state index contributed by atoms with van der Waals surface area (Å²) in [5.41, 5.74) is 1.41. The molecule has 0 saturated carbocycles. The topological polar surface area (TPSA) is 101 Å². The first-order chi connectivity index (χ1) is 17.4. The van der Waals surface area contributed by atoms with Crippen molar-refractivity contribution in [1.29, 1.82) is 0 Å². The van der Waals surface area contributed by atoms with Crippen LogP contribution in [0.2, 0.25) is 0 Å². The van der Waals surface area contributed by atoms with Crippen LogP contribution in [0.15, 0.2) is 69.9 Å². The summed E-state index contributed by atoms with van der Waals surface area (Å²) in [5, 5.41) is 0.197. The molecule has 0 saturated heterocycles. The monoisotopic (exact) mass is 488 g/mol. The molecule has 0 N–H and O–H groups in total. The molecule has 36 heavy (non-hydrogen) atoms. The molecule has 0 amide bonds. The lowest BCUT2D eigenvalue weighted by molar-refractivity contribution is 0.0491. The van der Waals surface area contributed by atoms with E-state index in [1.807, 2.05) is 6.92 Å². The van der Waals surface area contributed by atoms with Gasteiger partial charge in [0.15, 0.2) is 11.5 Å². The molecule has 4 aromatic rings. The highest BCUT2D eigenvalue weighted by molar-refractivity contribution is 5.98. The van der Waals surface area contributed by atoms with Gasteiger partial charge in [-0.05, 0) is 55.8 Å². The minimum atomic E-state index is -0.802. The van der Waals surface area contributed by atoms with Crippen LogP contribution in [-0.4, -0.2) is 32.8 Å². The molecule has 1 aromatic heterocycles. The van der Waals surface area contributed by atoms with E-state index in [2.05, 4.69) is 0 Å². The maximum atomic E-state index is 13.6. The van der Waals surface area contributed by atoms with Gasteiger partial charge in [-0.25, -0.2) is 9.59 Å². The first kappa shape index (κ1) is 24.5. The van der Waals surface area contributed by atoms with Gasteiger partial charge in [-0.15, -0.1) is 0 Å². The van der Waals surface area contributed by atoms with Crippen LogP contribution in [0.3, 0.4) is 0 Å². The summed E-state index contributed by atoms with van der Waals surface area (Å²) in [6, 6.07) is 16.1. The number of benzene rings is 3. The number of carbonyl (C=O) groups excluding carboxylic acids is 2. The molecule has 3 aromatic carbocycles. The Balaban J connectivity index is 1.82. The summed E-state index contributed by atoms with van der Waals surface area (Å²) in [7, 11) is 2.96. The SMILES string of the molecule is CCOC(=O)c1oc2cc(OC(=O)c3ccc(C)cc3)ccc2c(=O)c1-c1ccc(OC)c(OC)c1. The van der Waals surface area contributed by atoms with E-state index in [4.69, 9.17) is 23.4 Å². The fourth-order valence-corrected chi connectivity index (χ4v) is 3.69. The Kier molecular flexibility index (Phi) is 7.05. The van der Waals surface area contributed by atoms with Crippen LogP contribution in [0.1, 0.15) is 33.4 Å². The summed E-state index contributed by atoms with van der Waals surface area (Å²) in [5.74, 6) is -0.645. The van der Waals surface area contributed by atoms with E-state index < -0.39 is 17.4 Å². The normalized spacial score (nSPS) is 10.7. The molecule has 0 atom stereocenters. The number of ether oxygens (including phenoxy) is 4. The van der Waals surface area contributed by atoms with E-state index in [9.17, 15) is 14.4 Å². The van der Waals surface area contributed by atoms with Crippen molar-refractivity contribution in [2.24, 2.45) is 0 Å². The zero-order chi connectivity index (χ0) is 25.8. The van der Waals surface area contributed by atoms with Gasteiger partial charge in [0.1, 0.15) is 11.3 Å². The number of fused-ring (bicyclic) bond motifs is 1. The number of aryl methyl sites for hydroxylation is 1. The highest BCUT2D eigenvalue weighted by Crippen LogP contribution is 2.34. The maximum absolute atomic E-state index is 13.6. The second-order valence-electron chi connectivity index (χ2n) is 7.84. The lowest BCUT2D eigenvalue weighted by Crippen LogP contribution is -2.15. The van der Waals surface area contributed by atoms with Crippen LogP contribution in [0.4, 0.5) is 0 Å². The Morgan fingerprint density at radius 1 is 0.861 bits per heavy atom. The summed E-state index contributed by atoms with van der Waals surface area (Å²) in [6.07, 6.45) is 0. The molecule has 1 heterocycles. The quantitative estimate of drug-likeness (QED) is 0.259. The zero-order valence-corrected chi connectivity index (χ0v) is 20.2. The van der Waals surface area contributed by atoms with Gasteiger partial charge in [0, 0.05) is 6.07 Å². The van der Waals surface area contributed by atoms with E-state index in [0.717, 1.165) is 5.56 Å². The van der Waals surface area contributed by atoms with E-state index in [0.29, 0.717) is 22.6 Å². The largest absolute Gasteiger partial charge is 0.493 e. The third kappa shape index (κ3) is 4.79. The highest BCUT2D eigenvalue weighted by Gasteiger charge is 2.24. The van der Waals surface area contributed by atoms with Gasteiger partial charge in [0.2, 0.25) is 11.2 Å². The van der Waals surface area contributed by atoms with Crippen LogP contribution in [0.5, 0.6) is 17.2 Å². The second kappa shape index (κ2) is 10.4. The van der Waals surface area contributed by atoms with Crippen molar-refractivity contribution in [1.82, 2.24) is 0 Å². The zero-order valence-electron chi connectivity index (χ0n) is 20.2. The van der Waals surface area contributed by atoms with Gasteiger partial charge in [0.25, 0.3) is 0 Å². The van der Waals surface area contributed by atoms with Crippen LogP contribution in [-0.2, 0) is 4.74 Å². The first-order valence-corrected chi connectivity index (χ1v) is 11.2. The average molecular weight is 488 g/mol. The van der Waals surface area contributed by atoms with Gasteiger partial charge >= 0.3 is 11.9 Å². The number of methoxy groups -OCH3 is 2. The van der Waals surface area contributed by atoms with Crippen molar-refractivity contribution in [3.63, 3.8) is 0 Å². The van der Waals surface area contributed by atoms with Gasteiger partial charge < -0.3 is 23.4 Å². The standard InChI is InChI=1S/C28H24O8/c1-5-34-28(31)26-24(18-10-13-21(32-3)23(14-18)33-4)25(29)20-12-11-19(15-22(20)36-26)35-27(30)17-8-6-16(2)7-9-17/h6-15H,5H2,1-4H3. The third-order valence-electron chi connectivity index (χ3n) is 5.49. The Bertz CT molecular complexity index is 1500. The Hall–Kier alpha value is -4.59. The minimum absolute atomic E-state index is 0.0197. The fraction of sp³-hybridized carbons (Fsp3) is 0.179. The van der Waals surface area contributed by atoms with Crippen LogP contribution in [0, 0.1) is 6.92 Å². The Morgan fingerprint density at radius 3 is 2.25 bits per heavy atom. The second-order valence-corrected chi connectivity index (χ2v) is 7.84. The maximum Gasteiger partial charge on any atom is 0.375 e. The van der Waals surface area contributed by atoms with Crippen LogP contribution >= 0.6 is 0 Å². The summed E-state index contributed by atoms with van der Waals surface area (Å²) >= 11 is 0. The smallest absolute Gasteiger partial charge is 0.375 e. The number of rotatable bonds is 7. The number of hydrogen-bond donors (Lipinski definition) is 0. The molecular formula is C28H24O8. The van der Waals surface area contributed by atoms with E-state index in [-0.39, 0.29) is 34.6 Å². The summed E-state index contributed by atoms with van der Waals surface area (Å²) in [6.45, 7) is 3.65. The Labute approximate surface area is 207 Å². The summed E-state index contributed by atoms with van der Waals surface area (Å²) in [4.78, 5) is 38.9. The number of hydrogen-bond acceptors (Lipinski definition) is 8. The van der Waals surface area contributed by atoms with E-state index in [1.165, 1.54) is 32.4 Å². The van der Waals surface area contributed by atoms with Gasteiger partial charge in [-0.1, -0.05) is 23.8 Å². The molecule has 0 unspecified atom stereocenters. The Morgan fingerprint density at radius 2 is 1.58 bits per heavy atom. The van der Waals surface area contributed by atoms with Crippen molar-refractivity contribution in [3.8, 4) is 28.4 Å². The average Bonchev–Trinajstić information content (AvgIpc) is 2.88. The molecule has 0 aliphatic carbocycles.